The standard InChI is InChI=1S/C23H25N3O3/c1-13-9-16-17(10-14(13)2)25-22(15-7-5-6-8-19(15)26(28)29)21-18(24-16)11-23(3,4)12-20(21)27/h5-10,22,24-25H,11-12H2,1-4H3. The van der Waals surface area contributed by atoms with Crippen molar-refractivity contribution in [2.45, 2.75) is 46.6 Å². The van der Waals surface area contributed by atoms with E-state index in [9.17, 15) is 14.9 Å². The number of nitro groups is 1. The maximum atomic E-state index is 13.2. The van der Waals surface area contributed by atoms with E-state index in [-0.39, 0.29) is 21.8 Å². The monoisotopic (exact) mass is 391 g/mol. The summed E-state index contributed by atoms with van der Waals surface area (Å²) in [4.78, 5) is 24.6. The van der Waals surface area contributed by atoms with Gasteiger partial charge in [-0.3, -0.25) is 14.9 Å². The number of benzene rings is 2. The highest BCUT2D eigenvalue weighted by Gasteiger charge is 2.40. The van der Waals surface area contributed by atoms with Gasteiger partial charge in [0.1, 0.15) is 0 Å². The molecule has 4 rings (SSSR count). The largest absolute Gasteiger partial charge is 0.372 e. The maximum Gasteiger partial charge on any atom is 0.275 e. The number of ketones is 1. The van der Waals surface area contributed by atoms with Gasteiger partial charge in [-0.1, -0.05) is 26.0 Å². The zero-order valence-electron chi connectivity index (χ0n) is 17.1. The topological polar surface area (TPSA) is 84.3 Å². The van der Waals surface area contributed by atoms with Gasteiger partial charge < -0.3 is 10.6 Å². The third-order valence-electron chi connectivity index (χ3n) is 5.87. The summed E-state index contributed by atoms with van der Waals surface area (Å²) in [7, 11) is 0. The van der Waals surface area contributed by atoms with Gasteiger partial charge in [0.05, 0.1) is 27.9 Å². The zero-order valence-corrected chi connectivity index (χ0v) is 17.1. The van der Waals surface area contributed by atoms with Crippen LogP contribution in [0.2, 0.25) is 0 Å². The molecule has 0 spiro atoms. The van der Waals surface area contributed by atoms with Crippen molar-refractivity contribution in [1.82, 2.24) is 0 Å². The number of carbonyl (C=O) groups is 1. The van der Waals surface area contributed by atoms with Gasteiger partial charge in [-0.05, 0) is 55.0 Å². The van der Waals surface area contributed by atoms with Crippen molar-refractivity contribution in [3.05, 3.63) is 74.5 Å². The number of fused-ring (bicyclic) bond motifs is 1. The second kappa shape index (κ2) is 6.72. The lowest BCUT2D eigenvalue weighted by Crippen LogP contribution is -2.31. The third-order valence-corrected chi connectivity index (χ3v) is 5.87. The van der Waals surface area contributed by atoms with Gasteiger partial charge >= 0.3 is 0 Å². The molecule has 0 amide bonds. The number of para-hydroxylation sites is 1. The number of nitrogens with one attached hydrogen (secondary N) is 2. The van der Waals surface area contributed by atoms with Gasteiger partial charge in [-0.15, -0.1) is 0 Å². The Morgan fingerprint density at radius 2 is 1.72 bits per heavy atom. The van der Waals surface area contributed by atoms with Crippen LogP contribution in [0.1, 0.15) is 49.4 Å². The Morgan fingerprint density at radius 1 is 1.07 bits per heavy atom. The summed E-state index contributed by atoms with van der Waals surface area (Å²) in [5.41, 5.74) is 5.81. The first-order chi connectivity index (χ1) is 13.7. The van der Waals surface area contributed by atoms with Gasteiger partial charge in [0, 0.05) is 23.8 Å². The van der Waals surface area contributed by atoms with Gasteiger partial charge in [0.25, 0.3) is 5.69 Å². The molecule has 0 aromatic heterocycles. The molecule has 0 saturated carbocycles. The molecule has 0 radical (unpaired) electrons. The SMILES string of the molecule is Cc1cc2c(cc1C)NC(c1ccccc1[N+](=O)[O-])C1=C(CC(C)(C)CC1=O)N2. The van der Waals surface area contributed by atoms with Crippen LogP contribution in [0.25, 0.3) is 0 Å². The molecule has 0 fully saturated rings. The smallest absolute Gasteiger partial charge is 0.275 e. The fraction of sp³-hybridized carbons (Fsp3) is 0.348. The van der Waals surface area contributed by atoms with E-state index in [2.05, 4.69) is 30.5 Å². The number of carbonyl (C=O) groups excluding carboxylic acids is 1. The number of nitrogens with zero attached hydrogens (tertiary/aromatic N) is 1. The summed E-state index contributed by atoms with van der Waals surface area (Å²) >= 11 is 0. The number of nitro benzene ring substituents is 1. The highest BCUT2D eigenvalue weighted by Crippen LogP contribution is 2.47. The lowest BCUT2D eigenvalue weighted by Gasteiger charge is -2.34. The molecule has 2 aliphatic rings. The Kier molecular flexibility index (Phi) is 4.45. The zero-order chi connectivity index (χ0) is 20.9. The van der Waals surface area contributed by atoms with E-state index < -0.39 is 6.04 Å². The molecule has 1 atom stereocenters. The number of hydrogen-bond donors (Lipinski definition) is 2. The van der Waals surface area contributed by atoms with E-state index in [4.69, 9.17) is 0 Å². The highest BCUT2D eigenvalue weighted by molar-refractivity contribution is 6.01. The van der Waals surface area contributed by atoms with Crippen molar-refractivity contribution in [2.24, 2.45) is 5.41 Å². The third kappa shape index (κ3) is 3.39. The number of allylic oxidation sites excluding steroid dienone is 1. The fourth-order valence-electron chi connectivity index (χ4n) is 4.34. The summed E-state index contributed by atoms with van der Waals surface area (Å²) < 4.78 is 0. The molecule has 1 heterocycles. The van der Waals surface area contributed by atoms with E-state index in [1.54, 1.807) is 18.2 Å². The Morgan fingerprint density at radius 3 is 2.41 bits per heavy atom. The lowest BCUT2D eigenvalue weighted by atomic mass is 9.73. The molecule has 1 unspecified atom stereocenters. The number of hydrogen-bond acceptors (Lipinski definition) is 5. The Labute approximate surface area is 170 Å². The van der Waals surface area contributed by atoms with Gasteiger partial charge in [-0.2, -0.15) is 0 Å². The van der Waals surface area contributed by atoms with Gasteiger partial charge in [-0.25, -0.2) is 0 Å². The van der Waals surface area contributed by atoms with Crippen molar-refractivity contribution in [3.8, 4) is 0 Å². The molecule has 2 N–H and O–H groups in total. The lowest BCUT2D eigenvalue weighted by molar-refractivity contribution is -0.385. The second-order valence-electron chi connectivity index (χ2n) is 8.83. The Balaban J connectivity index is 1.96. The van der Waals surface area contributed by atoms with E-state index in [1.165, 1.54) is 6.07 Å². The minimum Gasteiger partial charge on any atom is -0.372 e. The summed E-state index contributed by atoms with van der Waals surface area (Å²) in [6.45, 7) is 8.24. The van der Waals surface area contributed by atoms with Crippen molar-refractivity contribution >= 4 is 22.8 Å². The van der Waals surface area contributed by atoms with Crippen LogP contribution in [0.4, 0.5) is 17.1 Å². The number of anilines is 2. The van der Waals surface area contributed by atoms with Crippen molar-refractivity contribution in [2.75, 3.05) is 10.6 Å². The van der Waals surface area contributed by atoms with Crippen LogP contribution in [0.15, 0.2) is 47.7 Å². The molecule has 2 aromatic rings. The van der Waals surface area contributed by atoms with E-state index in [0.29, 0.717) is 24.0 Å². The summed E-state index contributed by atoms with van der Waals surface area (Å²) in [5, 5.41) is 18.6. The quantitative estimate of drug-likeness (QED) is 0.526. The van der Waals surface area contributed by atoms with Crippen LogP contribution in [0.5, 0.6) is 0 Å². The Bertz CT molecular complexity index is 1070. The number of rotatable bonds is 2. The summed E-state index contributed by atoms with van der Waals surface area (Å²) in [6, 6.07) is 10.2. The predicted molar refractivity (Wildman–Crippen MR) is 114 cm³/mol. The minimum absolute atomic E-state index is 0.0155. The predicted octanol–water partition coefficient (Wildman–Crippen LogP) is 5.43. The molecule has 0 bridgehead atoms. The van der Waals surface area contributed by atoms with Crippen LogP contribution in [-0.2, 0) is 4.79 Å². The first kappa shape index (κ1) is 19.2. The van der Waals surface area contributed by atoms with Crippen molar-refractivity contribution < 1.29 is 9.72 Å². The Hall–Kier alpha value is -3.15. The van der Waals surface area contributed by atoms with Crippen molar-refractivity contribution in [3.63, 3.8) is 0 Å². The molecule has 0 saturated heterocycles. The van der Waals surface area contributed by atoms with E-state index in [0.717, 1.165) is 28.2 Å². The normalized spacial score (nSPS) is 20.1. The molecular weight excluding hydrogens is 366 g/mol. The van der Waals surface area contributed by atoms with Crippen molar-refractivity contribution in [1.29, 1.82) is 0 Å². The average molecular weight is 391 g/mol. The molecule has 150 valence electrons. The van der Waals surface area contributed by atoms with E-state index >= 15 is 0 Å². The first-order valence-electron chi connectivity index (χ1n) is 9.81. The van der Waals surface area contributed by atoms with Crippen LogP contribution in [0, 0.1) is 29.4 Å². The highest BCUT2D eigenvalue weighted by atomic mass is 16.6. The minimum atomic E-state index is -0.578. The molecule has 1 aliphatic heterocycles. The molecule has 29 heavy (non-hydrogen) atoms. The van der Waals surface area contributed by atoms with Crippen LogP contribution >= 0.6 is 0 Å². The van der Waals surface area contributed by atoms with Crippen LogP contribution in [-0.4, -0.2) is 10.7 Å². The summed E-state index contributed by atoms with van der Waals surface area (Å²) in [6.07, 6.45) is 1.12. The van der Waals surface area contributed by atoms with Crippen LogP contribution < -0.4 is 10.6 Å². The molecule has 6 nitrogen and oxygen atoms in total. The molecule has 6 heteroatoms. The average Bonchev–Trinajstić information content (AvgIpc) is 2.77. The van der Waals surface area contributed by atoms with Gasteiger partial charge in [0.2, 0.25) is 0 Å². The molecular formula is C23H25N3O3. The molecule has 1 aliphatic carbocycles. The number of Topliss-reactive ketones (excluding diaryl/α,β-unsaturated/α-hetero) is 1. The van der Waals surface area contributed by atoms with E-state index in [1.807, 2.05) is 19.9 Å². The summed E-state index contributed by atoms with van der Waals surface area (Å²) in [5.74, 6) is 0.0284. The first-order valence-corrected chi connectivity index (χ1v) is 9.81. The number of aryl methyl sites for hydroxylation is 2. The molecule has 2 aromatic carbocycles. The van der Waals surface area contributed by atoms with Crippen LogP contribution in [0.3, 0.4) is 0 Å². The van der Waals surface area contributed by atoms with Gasteiger partial charge in [0.15, 0.2) is 5.78 Å². The fourth-order valence-corrected chi connectivity index (χ4v) is 4.34. The second-order valence-corrected chi connectivity index (χ2v) is 8.83. The maximum absolute atomic E-state index is 13.2.